The molecule has 0 saturated heterocycles. The van der Waals surface area contributed by atoms with Crippen molar-refractivity contribution in [2.24, 2.45) is 0 Å². The number of hydrogen-bond donors (Lipinski definition) is 1. The van der Waals surface area contributed by atoms with Crippen LogP contribution in [0.1, 0.15) is 26.7 Å². The first kappa shape index (κ1) is 10.1. The summed E-state index contributed by atoms with van der Waals surface area (Å²) in [5.41, 5.74) is 2.15. The van der Waals surface area contributed by atoms with Gasteiger partial charge in [0.2, 0.25) is 0 Å². The quantitative estimate of drug-likeness (QED) is 0.704. The maximum absolute atomic E-state index is 9.59. The van der Waals surface area contributed by atoms with Crippen LogP contribution in [-0.2, 0) is 0 Å². The highest BCUT2D eigenvalue weighted by Crippen LogP contribution is 2.22. The van der Waals surface area contributed by atoms with Crippen molar-refractivity contribution in [1.29, 1.82) is 0 Å². The SMILES string of the molecule is C/C=C\C1=C(/C=C\C)N(O)CCC1. The van der Waals surface area contributed by atoms with Gasteiger partial charge in [-0.05, 0) is 38.3 Å². The minimum atomic E-state index is 0.737. The summed E-state index contributed by atoms with van der Waals surface area (Å²) in [5.74, 6) is 0. The Morgan fingerprint density at radius 2 is 1.92 bits per heavy atom. The Balaban J connectivity index is 2.96. The van der Waals surface area contributed by atoms with E-state index in [2.05, 4.69) is 6.08 Å². The molecule has 2 heteroatoms. The molecule has 1 rings (SSSR count). The van der Waals surface area contributed by atoms with Gasteiger partial charge in [-0.15, -0.1) is 0 Å². The van der Waals surface area contributed by atoms with E-state index in [1.165, 1.54) is 10.6 Å². The molecule has 0 radical (unpaired) electrons. The van der Waals surface area contributed by atoms with Crippen molar-refractivity contribution in [1.82, 2.24) is 5.06 Å². The van der Waals surface area contributed by atoms with Crippen molar-refractivity contribution in [3.05, 3.63) is 35.6 Å². The Bertz CT molecular complexity index is 251. The topological polar surface area (TPSA) is 23.5 Å². The third-order valence-electron chi connectivity index (χ3n) is 2.12. The highest BCUT2D eigenvalue weighted by Gasteiger charge is 2.13. The van der Waals surface area contributed by atoms with E-state index in [1.807, 2.05) is 32.1 Å². The van der Waals surface area contributed by atoms with Crippen LogP contribution in [0, 0.1) is 0 Å². The van der Waals surface area contributed by atoms with Crippen LogP contribution in [0.4, 0.5) is 0 Å². The zero-order chi connectivity index (χ0) is 9.68. The molecule has 0 aromatic rings. The van der Waals surface area contributed by atoms with Gasteiger partial charge in [-0.1, -0.05) is 18.2 Å². The standard InChI is InChI=1S/C11H17NO/c1-3-6-10-8-5-9-12(13)11(10)7-4-2/h3-4,6-7,13H,5,8-9H2,1-2H3/b6-3-,7-4-. The van der Waals surface area contributed by atoms with E-state index in [-0.39, 0.29) is 0 Å². The average Bonchev–Trinajstić information content (AvgIpc) is 2.11. The predicted octanol–water partition coefficient (Wildman–Crippen LogP) is 2.88. The minimum Gasteiger partial charge on any atom is -0.288 e. The molecule has 72 valence electrons. The van der Waals surface area contributed by atoms with E-state index in [4.69, 9.17) is 0 Å². The fraction of sp³-hybridized carbons (Fsp3) is 0.455. The molecule has 0 aromatic carbocycles. The van der Waals surface area contributed by atoms with E-state index >= 15 is 0 Å². The zero-order valence-electron chi connectivity index (χ0n) is 8.33. The maximum Gasteiger partial charge on any atom is 0.0662 e. The second-order valence-electron chi connectivity index (χ2n) is 3.14. The van der Waals surface area contributed by atoms with E-state index in [1.54, 1.807) is 0 Å². The van der Waals surface area contributed by atoms with Gasteiger partial charge < -0.3 is 0 Å². The highest BCUT2D eigenvalue weighted by atomic mass is 16.5. The summed E-state index contributed by atoms with van der Waals surface area (Å²) < 4.78 is 0. The molecule has 1 aliphatic heterocycles. The molecule has 1 heterocycles. The highest BCUT2D eigenvalue weighted by molar-refractivity contribution is 5.32. The van der Waals surface area contributed by atoms with E-state index in [0.717, 1.165) is 25.1 Å². The molecule has 13 heavy (non-hydrogen) atoms. The summed E-state index contributed by atoms with van der Waals surface area (Å²) in [6.45, 7) is 4.69. The van der Waals surface area contributed by atoms with Crippen molar-refractivity contribution >= 4 is 0 Å². The molecule has 0 fully saturated rings. The molecule has 0 aliphatic carbocycles. The average molecular weight is 179 g/mol. The fourth-order valence-electron chi connectivity index (χ4n) is 1.55. The van der Waals surface area contributed by atoms with Crippen LogP contribution in [0.3, 0.4) is 0 Å². The van der Waals surface area contributed by atoms with Gasteiger partial charge in [0.25, 0.3) is 0 Å². The molecule has 0 bridgehead atoms. The van der Waals surface area contributed by atoms with E-state index in [9.17, 15) is 5.21 Å². The van der Waals surface area contributed by atoms with Gasteiger partial charge >= 0.3 is 0 Å². The summed E-state index contributed by atoms with van der Waals surface area (Å²) in [4.78, 5) is 0. The summed E-state index contributed by atoms with van der Waals surface area (Å²) in [5, 5.41) is 10.9. The summed E-state index contributed by atoms with van der Waals surface area (Å²) in [6.07, 6.45) is 10.1. The Kier molecular flexibility index (Phi) is 3.77. The Morgan fingerprint density at radius 1 is 1.23 bits per heavy atom. The van der Waals surface area contributed by atoms with Crippen LogP contribution in [0.15, 0.2) is 35.6 Å². The van der Waals surface area contributed by atoms with Crippen LogP contribution in [0.5, 0.6) is 0 Å². The van der Waals surface area contributed by atoms with E-state index in [0.29, 0.717) is 0 Å². The first-order valence-corrected chi connectivity index (χ1v) is 4.74. The molecule has 0 amide bonds. The number of nitrogens with zero attached hydrogens (tertiary/aromatic N) is 1. The van der Waals surface area contributed by atoms with Gasteiger partial charge in [0, 0.05) is 6.54 Å². The third-order valence-corrected chi connectivity index (χ3v) is 2.12. The molecule has 1 aliphatic rings. The van der Waals surface area contributed by atoms with Crippen molar-refractivity contribution in [2.45, 2.75) is 26.7 Å². The molecule has 2 nitrogen and oxygen atoms in total. The van der Waals surface area contributed by atoms with Crippen LogP contribution >= 0.6 is 0 Å². The smallest absolute Gasteiger partial charge is 0.0662 e. The minimum absolute atomic E-state index is 0.737. The number of hydrogen-bond acceptors (Lipinski definition) is 2. The maximum atomic E-state index is 9.59. The zero-order valence-corrected chi connectivity index (χ0v) is 8.33. The molecule has 1 N–H and O–H groups in total. The second-order valence-corrected chi connectivity index (χ2v) is 3.14. The van der Waals surface area contributed by atoms with Gasteiger partial charge in [0.05, 0.1) is 5.70 Å². The lowest BCUT2D eigenvalue weighted by atomic mass is 10.0. The van der Waals surface area contributed by atoms with Crippen LogP contribution < -0.4 is 0 Å². The van der Waals surface area contributed by atoms with E-state index < -0.39 is 0 Å². The monoisotopic (exact) mass is 179 g/mol. The normalized spacial score (nSPS) is 19.5. The number of allylic oxidation sites excluding steroid dienone is 5. The fourth-order valence-corrected chi connectivity index (χ4v) is 1.55. The van der Waals surface area contributed by atoms with Crippen molar-refractivity contribution in [2.75, 3.05) is 6.54 Å². The molecule has 0 aromatic heterocycles. The number of rotatable bonds is 2. The first-order valence-electron chi connectivity index (χ1n) is 4.74. The lowest BCUT2D eigenvalue weighted by molar-refractivity contribution is -0.0572. The molecular weight excluding hydrogens is 162 g/mol. The Labute approximate surface area is 79.8 Å². The number of hydroxylamine groups is 2. The van der Waals surface area contributed by atoms with Crippen molar-refractivity contribution in [3.63, 3.8) is 0 Å². The van der Waals surface area contributed by atoms with Gasteiger partial charge in [0.1, 0.15) is 0 Å². The van der Waals surface area contributed by atoms with Gasteiger partial charge in [-0.2, -0.15) is 0 Å². The first-order chi connectivity index (χ1) is 6.29. The summed E-state index contributed by atoms with van der Waals surface area (Å²) >= 11 is 0. The Hall–Kier alpha value is -1.02. The molecule has 0 saturated carbocycles. The van der Waals surface area contributed by atoms with Gasteiger partial charge in [0.15, 0.2) is 0 Å². The lowest BCUT2D eigenvalue weighted by Crippen LogP contribution is -2.24. The van der Waals surface area contributed by atoms with Crippen molar-refractivity contribution < 1.29 is 5.21 Å². The van der Waals surface area contributed by atoms with Gasteiger partial charge in [-0.25, -0.2) is 0 Å². The van der Waals surface area contributed by atoms with Crippen molar-refractivity contribution in [3.8, 4) is 0 Å². The molecule has 0 unspecified atom stereocenters. The van der Waals surface area contributed by atoms with Crippen LogP contribution in [-0.4, -0.2) is 16.8 Å². The summed E-state index contributed by atoms with van der Waals surface area (Å²) in [6, 6.07) is 0. The largest absolute Gasteiger partial charge is 0.288 e. The molecular formula is C11H17NO. The van der Waals surface area contributed by atoms with Crippen LogP contribution in [0.2, 0.25) is 0 Å². The third kappa shape index (κ3) is 2.46. The molecule has 0 spiro atoms. The van der Waals surface area contributed by atoms with Crippen LogP contribution in [0.25, 0.3) is 0 Å². The van der Waals surface area contributed by atoms with Gasteiger partial charge in [-0.3, -0.25) is 10.3 Å². The Morgan fingerprint density at radius 3 is 2.54 bits per heavy atom. The second kappa shape index (κ2) is 4.87. The predicted molar refractivity (Wildman–Crippen MR) is 54.4 cm³/mol. The molecule has 0 atom stereocenters. The summed E-state index contributed by atoms with van der Waals surface area (Å²) in [7, 11) is 0. The lowest BCUT2D eigenvalue weighted by Gasteiger charge is -2.25.